The van der Waals surface area contributed by atoms with Gasteiger partial charge in [0.2, 0.25) is 0 Å². The minimum atomic E-state index is -0.660. The van der Waals surface area contributed by atoms with Gasteiger partial charge in [-0.2, -0.15) is 0 Å². The molecule has 0 aliphatic carbocycles. The van der Waals surface area contributed by atoms with Gasteiger partial charge < -0.3 is 20.6 Å². The minimum absolute atomic E-state index is 0.164. The Balaban J connectivity index is 2.26. The number of likely N-dealkylation sites (N-methyl/N-ethyl adjacent to an activating group) is 1. The lowest BCUT2D eigenvalue weighted by molar-refractivity contribution is -0.127. The molecular weight excluding hydrogens is 226 g/mol. The van der Waals surface area contributed by atoms with E-state index in [0.717, 1.165) is 0 Å². The summed E-state index contributed by atoms with van der Waals surface area (Å²) in [6.45, 7) is 1.79. The van der Waals surface area contributed by atoms with Gasteiger partial charge in [-0.3, -0.25) is 10.1 Å². The fourth-order valence-electron chi connectivity index (χ4n) is 2.04. The number of imide groups is 1. The van der Waals surface area contributed by atoms with Crippen LogP contribution in [-0.2, 0) is 4.79 Å². The number of nitrogens with two attached hydrogens (primary N) is 1. The standard InChI is InChI=1S/C9H15N5O3/c1-4(15)3-14-5-6(11-8(14)10)13(2)9(17)12-7(5)16/h4-6,15H,3H2,1-2H3,(H2,10,11)(H,12,16,17). The summed E-state index contributed by atoms with van der Waals surface area (Å²) in [4.78, 5) is 30.1. The Kier molecular flexibility index (Phi) is 2.66. The molecule has 2 rings (SSSR count). The number of urea groups is 1. The van der Waals surface area contributed by atoms with Gasteiger partial charge in [0, 0.05) is 13.6 Å². The molecule has 3 amide bonds. The summed E-state index contributed by atoms with van der Waals surface area (Å²) in [6, 6.07) is -1.15. The molecule has 0 aromatic heterocycles. The highest BCUT2D eigenvalue weighted by Crippen LogP contribution is 2.22. The van der Waals surface area contributed by atoms with Gasteiger partial charge in [0.1, 0.15) is 0 Å². The molecule has 94 valence electrons. The quantitative estimate of drug-likeness (QED) is 0.511. The average Bonchev–Trinajstić information content (AvgIpc) is 2.53. The van der Waals surface area contributed by atoms with E-state index in [-0.39, 0.29) is 12.5 Å². The Bertz CT molecular complexity index is 394. The van der Waals surface area contributed by atoms with Gasteiger partial charge >= 0.3 is 6.03 Å². The van der Waals surface area contributed by atoms with Crippen LogP contribution in [0.5, 0.6) is 0 Å². The Morgan fingerprint density at radius 2 is 2.24 bits per heavy atom. The number of amides is 3. The summed E-state index contributed by atoms with van der Waals surface area (Å²) >= 11 is 0. The Morgan fingerprint density at radius 1 is 1.59 bits per heavy atom. The van der Waals surface area contributed by atoms with Crippen LogP contribution < -0.4 is 11.1 Å². The number of nitrogens with one attached hydrogen (secondary N) is 1. The normalized spacial score (nSPS) is 29.9. The van der Waals surface area contributed by atoms with Crippen LogP contribution in [0, 0.1) is 0 Å². The Labute approximate surface area is 98.1 Å². The maximum atomic E-state index is 11.8. The SMILES string of the molecule is CC(O)CN1C(N)=NC2C1C(=O)NC(=O)N2C. The summed E-state index contributed by atoms with van der Waals surface area (Å²) in [6.07, 6.45) is -1.26. The van der Waals surface area contributed by atoms with Crippen LogP contribution in [-0.4, -0.2) is 64.7 Å². The summed E-state index contributed by atoms with van der Waals surface area (Å²) in [5, 5.41) is 11.6. The van der Waals surface area contributed by atoms with Gasteiger partial charge in [-0.15, -0.1) is 0 Å². The monoisotopic (exact) mass is 241 g/mol. The molecule has 0 spiro atoms. The smallest absolute Gasteiger partial charge is 0.325 e. The van der Waals surface area contributed by atoms with E-state index in [1.807, 2.05) is 0 Å². The van der Waals surface area contributed by atoms with Gasteiger partial charge in [0.15, 0.2) is 18.2 Å². The van der Waals surface area contributed by atoms with Crippen LogP contribution >= 0.6 is 0 Å². The number of hydrogen-bond acceptors (Lipinski definition) is 6. The molecule has 4 N–H and O–H groups in total. The van der Waals surface area contributed by atoms with Crippen molar-refractivity contribution in [1.29, 1.82) is 0 Å². The summed E-state index contributed by atoms with van der Waals surface area (Å²) in [7, 11) is 1.54. The maximum absolute atomic E-state index is 11.8. The molecule has 0 radical (unpaired) electrons. The van der Waals surface area contributed by atoms with E-state index in [2.05, 4.69) is 10.3 Å². The fourth-order valence-corrected chi connectivity index (χ4v) is 2.04. The third kappa shape index (κ3) is 1.80. The van der Waals surface area contributed by atoms with Crippen LogP contribution in [0.3, 0.4) is 0 Å². The molecule has 8 heteroatoms. The molecule has 8 nitrogen and oxygen atoms in total. The van der Waals surface area contributed by atoms with Crippen LogP contribution in [0.4, 0.5) is 4.79 Å². The second kappa shape index (κ2) is 3.88. The second-order valence-electron chi connectivity index (χ2n) is 4.25. The van der Waals surface area contributed by atoms with Crippen LogP contribution in [0.2, 0.25) is 0 Å². The van der Waals surface area contributed by atoms with E-state index >= 15 is 0 Å². The number of fused-ring (bicyclic) bond motifs is 1. The van der Waals surface area contributed by atoms with Crippen molar-refractivity contribution in [2.24, 2.45) is 10.7 Å². The average molecular weight is 241 g/mol. The molecule has 2 aliphatic heterocycles. The van der Waals surface area contributed by atoms with Crippen molar-refractivity contribution >= 4 is 17.9 Å². The molecular formula is C9H15N5O3. The lowest BCUT2D eigenvalue weighted by Crippen LogP contribution is -2.64. The van der Waals surface area contributed by atoms with E-state index in [1.165, 1.54) is 9.80 Å². The number of β-amino-alcohol motifs (C(OH)–C–C–N with tert-alkyl or cyclic N) is 1. The third-order valence-electron chi connectivity index (χ3n) is 2.85. The van der Waals surface area contributed by atoms with Gasteiger partial charge in [0.05, 0.1) is 6.10 Å². The largest absolute Gasteiger partial charge is 0.392 e. The molecule has 1 fully saturated rings. The molecule has 17 heavy (non-hydrogen) atoms. The van der Waals surface area contributed by atoms with E-state index in [1.54, 1.807) is 14.0 Å². The van der Waals surface area contributed by atoms with Crippen molar-refractivity contribution in [3.05, 3.63) is 0 Å². The first-order valence-electron chi connectivity index (χ1n) is 5.27. The zero-order valence-electron chi connectivity index (χ0n) is 9.62. The van der Waals surface area contributed by atoms with E-state index in [4.69, 9.17) is 5.73 Å². The summed E-state index contributed by atoms with van der Waals surface area (Å²) in [5.41, 5.74) is 5.70. The van der Waals surface area contributed by atoms with E-state index in [9.17, 15) is 14.7 Å². The Morgan fingerprint density at radius 3 is 2.82 bits per heavy atom. The zero-order chi connectivity index (χ0) is 12.7. The predicted molar refractivity (Wildman–Crippen MR) is 58.9 cm³/mol. The highest BCUT2D eigenvalue weighted by Gasteiger charge is 2.48. The lowest BCUT2D eigenvalue weighted by Gasteiger charge is -2.36. The molecule has 2 aliphatic rings. The predicted octanol–water partition coefficient (Wildman–Crippen LogP) is -2.13. The number of rotatable bonds is 2. The number of aliphatic imine (C=N–C) groups is 1. The van der Waals surface area contributed by atoms with E-state index in [0.29, 0.717) is 0 Å². The van der Waals surface area contributed by atoms with Crippen molar-refractivity contribution in [2.75, 3.05) is 13.6 Å². The van der Waals surface area contributed by atoms with Gasteiger partial charge in [-0.1, -0.05) is 0 Å². The van der Waals surface area contributed by atoms with Crippen molar-refractivity contribution < 1.29 is 14.7 Å². The number of nitrogens with zero attached hydrogens (tertiary/aromatic N) is 3. The zero-order valence-corrected chi connectivity index (χ0v) is 9.62. The molecule has 3 atom stereocenters. The first-order chi connectivity index (χ1) is 7.91. The molecule has 0 bridgehead atoms. The maximum Gasteiger partial charge on any atom is 0.325 e. The minimum Gasteiger partial charge on any atom is -0.392 e. The first-order valence-corrected chi connectivity index (χ1v) is 5.27. The fraction of sp³-hybridized carbons (Fsp3) is 0.667. The number of guanidine groups is 1. The van der Waals surface area contributed by atoms with Crippen LogP contribution in [0.1, 0.15) is 6.92 Å². The van der Waals surface area contributed by atoms with Crippen LogP contribution in [0.25, 0.3) is 0 Å². The number of carbonyl (C=O) groups is 2. The van der Waals surface area contributed by atoms with Gasteiger partial charge in [-0.05, 0) is 6.92 Å². The first kappa shape index (κ1) is 11.6. The van der Waals surface area contributed by atoms with E-state index < -0.39 is 30.2 Å². The number of carbonyl (C=O) groups excluding carboxylic acids is 2. The lowest BCUT2D eigenvalue weighted by atomic mass is 10.1. The Hall–Kier alpha value is -1.83. The molecule has 0 saturated carbocycles. The van der Waals surface area contributed by atoms with Crippen molar-refractivity contribution in [3.63, 3.8) is 0 Å². The summed E-state index contributed by atoms with van der Waals surface area (Å²) in [5.74, 6) is -0.277. The molecule has 3 unspecified atom stereocenters. The topological polar surface area (TPSA) is 111 Å². The van der Waals surface area contributed by atoms with Gasteiger partial charge in [-0.25, -0.2) is 9.79 Å². The molecule has 2 heterocycles. The summed E-state index contributed by atoms with van der Waals surface area (Å²) < 4.78 is 0. The van der Waals surface area contributed by atoms with Crippen LogP contribution in [0.15, 0.2) is 4.99 Å². The molecule has 0 aromatic rings. The highest BCUT2D eigenvalue weighted by atomic mass is 16.3. The third-order valence-corrected chi connectivity index (χ3v) is 2.85. The highest BCUT2D eigenvalue weighted by molar-refractivity contribution is 6.03. The molecule has 0 aromatic carbocycles. The number of aliphatic hydroxyl groups is 1. The van der Waals surface area contributed by atoms with Crippen molar-refractivity contribution in [1.82, 2.24) is 15.1 Å². The van der Waals surface area contributed by atoms with Crippen molar-refractivity contribution in [3.8, 4) is 0 Å². The number of hydrogen-bond donors (Lipinski definition) is 3. The number of aliphatic hydroxyl groups excluding tert-OH is 1. The van der Waals surface area contributed by atoms with Gasteiger partial charge in [0.25, 0.3) is 5.91 Å². The van der Waals surface area contributed by atoms with Crippen molar-refractivity contribution in [2.45, 2.75) is 25.2 Å². The molecule has 1 saturated heterocycles. The second-order valence-corrected chi connectivity index (χ2v) is 4.25.